The van der Waals surface area contributed by atoms with Gasteiger partial charge in [0.05, 0.1) is 5.56 Å². The van der Waals surface area contributed by atoms with Gasteiger partial charge >= 0.3 is 0 Å². The molecule has 0 radical (unpaired) electrons. The van der Waals surface area contributed by atoms with Crippen LogP contribution in [0.5, 0.6) is 11.5 Å². The van der Waals surface area contributed by atoms with E-state index in [1.54, 1.807) is 0 Å². The minimum absolute atomic E-state index is 0.378. The van der Waals surface area contributed by atoms with Gasteiger partial charge in [-0.15, -0.1) is 0 Å². The molecule has 142 valence electrons. The van der Waals surface area contributed by atoms with Gasteiger partial charge in [-0.3, -0.25) is 0 Å². The molecule has 0 spiro atoms. The highest BCUT2D eigenvalue weighted by atomic mass is 35.5. The topological polar surface area (TPSA) is 46.1 Å². The van der Waals surface area contributed by atoms with Crippen LogP contribution in [0.2, 0.25) is 5.02 Å². The number of ether oxygens (including phenoxy) is 2. The fourth-order valence-electron chi connectivity index (χ4n) is 3.52. The molecule has 2 aromatic carbocycles. The van der Waals surface area contributed by atoms with E-state index in [0.29, 0.717) is 11.1 Å². The second-order valence-electron chi connectivity index (χ2n) is 6.73. The molecule has 1 atom stereocenters. The molecule has 1 N–H and O–H groups in total. The van der Waals surface area contributed by atoms with Crippen LogP contribution < -0.4 is 10.1 Å². The molecule has 0 amide bonds. The minimum atomic E-state index is 0.378. The van der Waals surface area contributed by atoms with Crippen molar-refractivity contribution in [3.05, 3.63) is 53.1 Å². The van der Waals surface area contributed by atoms with E-state index in [9.17, 15) is 0 Å². The van der Waals surface area contributed by atoms with Crippen molar-refractivity contribution >= 4 is 23.1 Å². The first kappa shape index (κ1) is 18.3. The Morgan fingerprint density at radius 1 is 1.26 bits per heavy atom. The second-order valence-corrected chi connectivity index (χ2v) is 7.16. The molecular weight excluding hydrogens is 362 g/mol. The number of nitrogens with zero attached hydrogens (tertiary/aromatic N) is 2. The van der Waals surface area contributed by atoms with Crippen LogP contribution in [0.3, 0.4) is 0 Å². The molecule has 4 rings (SSSR count). The van der Waals surface area contributed by atoms with Gasteiger partial charge in [-0.2, -0.15) is 0 Å². The number of amidine groups is 1. The van der Waals surface area contributed by atoms with E-state index in [4.69, 9.17) is 26.1 Å². The molecule has 2 aromatic rings. The number of fused-ring (bicyclic) bond motifs is 2. The average molecular weight is 386 g/mol. The zero-order valence-electron chi connectivity index (χ0n) is 15.5. The Bertz CT molecular complexity index is 840. The normalized spacial score (nSPS) is 18.8. The average Bonchev–Trinajstić information content (AvgIpc) is 2.85. The van der Waals surface area contributed by atoms with Gasteiger partial charge in [0.1, 0.15) is 17.3 Å². The van der Waals surface area contributed by atoms with Crippen LogP contribution in [0.1, 0.15) is 18.9 Å². The van der Waals surface area contributed by atoms with Gasteiger partial charge < -0.3 is 19.7 Å². The SMILES string of the molecule is CCOCC[C@H]1CN(C2=Nc3cc(Cl)ccc3Oc3ccccc32)CCN1. The molecule has 2 aliphatic rings. The monoisotopic (exact) mass is 385 g/mol. The lowest BCUT2D eigenvalue weighted by Crippen LogP contribution is -2.53. The predicted octanol–water partition coefficient (Wildman–Crippen LogP) is 4.22. The summed E-state index contributed by atoms with van der Waals surface area (Å²) in [6, 6.07) is 14.0. The molecule has 5 nitrogen and oxygen atoms in total. The van der Waals surface area contributed by atoms with Crippen LogP contribution in [0.4, 0.5) is 5.69 Å². The molecule has 1 saturated heterocycles. The highest BCUT2D eigenvalue weighted by Gasteiger charge is 2.27. The van der Waals surface area contributed by atoms with E-state index in [-0.39, 0.29) is 0 Å². The standard InChI is InChI=1S/C21H24ClN3O2/c1-2-26-12-9-16-14-25(11-10-23-16)21-17-5-3-4-6-19(17)27-20-8-7-15(22)13-18(20)24-21/h3-8,13,16,23H,2,9-12,14H2,1H3/t16-/m0/s1. The molecule has 0 aromatic heterocycles. The minimum Gasteiger partial charge on any atom is -0.454 e. The zero-order chi connectivity index (χ0) is 18.6. The number of piperazine rings is 1. The van der Waals surface area contributed by atoms with Crippen molar-refractivity contribution in [1.29, 1.82) is 0 Å². The Morgan fingerprint density at radius 2 is 2.15 bits per heavy atom. The number of rotatable bonds is 4. The Labute approximate surface area is 164 Å². The van der Waals surface area contributed by atoms with Crippen LogP contribution >= 0.6 is 11.6 Å². The van der Waals surface area contributed by atoms with E-state index >= 15 is 0 Å². The molecule has 2 aliphatic heterocycles. The molecule has 0 aliphatic carbocycles. The Kier molecular flexibility index (Phi) is 5.62. The summed E-state index contributed by atoms with van der Waals surface area (Å²) in [4.78, 5) is 7.31. The van der Waals surface area contributed by atoms with Crippen molar-refractivity contribution in [2.75, 3.05) is 32.8 Å². The Morgan fingerprint density at radius 3 is 3.04 bits per heavy atom. The quantitative estimate of drug-likeness (QED) is 0.800. The largest absolute Gasteiger partial charge is 0.454 e. The van der Waals surface area contributed by atoms with Crippen LogP contribution in [-0.2, 0) is 4.74 Å². The van der Waals surface area contributed by atoms with E-state index < -0.39 is 0 Å². The molecule has 0 bridgehead atoms. The number of benzene rings is 2. The first-order valence-electron chi connectivity index (χ1n) is 9.46. The van der Waals surface area contributed by atoms with Crippen molar-refractivity contribution in [3.8, 4) is 11.5 Å². The molecule has 0 saturated carbocycles. The summed E-state index contributed by atoms with van der Waals surface area (Å²) in [7, 11) is 0. The van der Waals surface area contributed by atoms with Gasteiger partial charge in [0.15, 0.2) is 5.75 Å². The zero-order valence-corrected chi connectivity index (χ0v) is 16.2. The van der Waals surface area contributed by atoms with Crippen LogP contribution in [0.25, 0.3) is 0 Å². The maximum atomic E-state index is 6.21. The number of hydrogen-bond donors (Lipinski definition) is 1. The number of hydrogen-bond acceptors (Lipinski definition) is 5. The fourth-order valence-corrected chi connectivity index (χ4v) is 3.69. The van der Waals surface area contributed by atoms with Gasteiger partial charge in [0.25, 0.3) is 0 Å². The van der Waals surface area contributed by atoms with Crippen molar-refractivity contribution in [2.45, 2.75) is 19.4 Å². The predicted molar refractivity (Wildman–Crippen MR) is 109 cm³/mol. The molecule has 27 heavy (non-hydrogen) atoms. The van der Waals surface area contributed by atoms with Crippen LogP contribution in [0, 0.1) is 0 Å². The summed E-state index contributed by atoms with van der Waals surface area (Å²) >= 11 is 6.21. The highest BCUT2D eigenvalue weighted by molar-refractivity contribution is 6.31. The lowest BCUT2D eigenvalue weighted by molar-refractivity contribution is 0.128. The van der Waals surface area contributed by atoms with Gasteiger partial charge in [-0.1, -0.05) is 23.7 Å². The fraction of sp³-hybridized carbons (Fsp3) is 0.381. The Balaban J connectivity index is 1.67. The first-order chi connectivity index (χ1) is 13.2. The molecule has 1 fully saturated rings. The molecule has 0 unspecified atom stereocenters. The van der Waals surface area contributed by atoms with Gasteiger partial charge in [0.2, 0.25) is 0 Å². The summed E-state index contributed by atoms with van der Waals surface area (Å²) in [6.07, 6.45) is 0.984. The van der Waals surface area contributed by atoms with Crippen molar-refractivity contribution in [2.24, 2.45) is 4.99 Å². The third kappa shape index (κ3) is 4.10. The smallest absolute Gasteiger partial charge is 0.153 e. The van der Waals surface area contributed by atoms with Gasteiger partial charge in [0, 0.05) is 43.9 Å². The summed E-state index contributed by atoms with van der Waals surface area (Å²) in [5.74, 6) is 2.49. The number of para-hydroxylation sites is 1. The van der Waals surface area contributed by atoms with Gasteiger partial charge in [-0.25, -0.2) is 4.99 Å². The lowest BCUT2D eigenvalue weighted by atomic mass is 10.1. The number of nitrogens with one attached hydrogen (secondary N) is 1. The first-order valence-corrected chi connectivity index (χ1v) is 9.84. The molecule has 6 heteroatoms. The lowest BCUT2D eigenvalue weighted by Gasteiger charge is -2.36. The summed E-state index contributed by atoms with van der Waals surface area (Å²) in [5, 5.41) is 4.24. The molecular formula is C21H24ClN3O2. The third-order valence-corrected chi connectivity index (χ3v) is 5.10. The third-order valence-electron chi connectivity index (χ3n) is 4.87. The summed E-state index contributed by atoms with van der Waals surface area (Å²) in [5.41, 5.74) is 1.77. The summed E-state index contributed by atoms with van der Waals surface area (Å²) < 4.78 is 11.7. The van der Waals surface area contributed by atoms with Crippen LogP contribution in [-0.4, -0.2) is 49.6 Å². The molecule has 2 heterocycles. The Hall–Kier alpha value is -2.08. The van der Waals surface area contributed by atoms with E-state index in [0.717, 1.165) is 67.9 Å². The van der Waals surface area contributed by atoms with E-state index in [1.165, 1.54) is 0 Å². The number of halogens is 1. The maximum absolute atomic E-state index is 6.21. The van der Waals surface area contributed by atoms with Crippen molar-refractivity contribution < 1.29 is 9.47 Å². The van der Waals surface area contributed by atoms with Crippen molar-refractivity contribution in [1.82, 2.24) is 10.2 Å². The highest BCUT2D eigenvalue weighted by Crippen LogP contribution is 2.39. The van der Waals surface area contributed by atoms with Crippen LogP contribution in [0.15, 0.2) is 47.5 Å². The summed E-state index contributed by atoms with van der Waals surface area (Å²) in [6.45, 7) is 6.25. The van der Waals surface area contributed by atoms with Crippen molar-refractivity contribution in [3.63, 3.8) is 0 Å². The van der Waals surface area contributed by atoms with Gasteiger partial charge in [-0.05, 0) is 43.7 Å². The van der Waals surface area contributed by atoms with E-state index in [1.807, 2.05) is 43.3 Å². The maximum Gasteiger partial charge on any atom is 0.153 e. The van der Waals surface area contributed by atoms with E-state index in [2.05, 4.69) is 16.3 Å². The number of aliphatic imine (C=N–C) groups is 1. The second kappa shape index (κ2) is 8.30.